The number of likely N-dealkylation sites (N-methyl/N-ethyl adjacent to an activating group) is 1. The molecule has 0 aromatic rings. The van der Waals surface area contributed by atoms with Crippen LogP contribution in [-0.2, 0) is 14.3 Å². The Morgan fingerprint density at radius 3 is 2.21 bits per heavy atom. The number of esters is 1. The maximum atomic E-state index is 11.6. The van der Waals surface area contributed by atoms with Crippen LogP contribution in [0.5, 0.6) is 0 Å². The maximum absolute atomic E-state index is 11.6. The van der Waals surface area contributed by atoms with E-state index in [9.17, 15) is 14.7 Å². The number of hydrogen-bond donors (Lipinski definition) is 0. The van der Waals surface area contributed by atoms with Crippen molar-refractivity contribution in [3.8, 4) is 0 Å². The third-order valence-electron chi connectivity index (χ3n) is 2.43. The van der Waals surface area contributed by atoms with E-state index in [1.54, 1.807) is 0 Å². The second-order valence-corrected chi connectivity index (χ2v) is 5.62. The predicted octanol–water partition coefficient (Wildman–Crippen LogP) is 0.746. The second kappa shape index (κ2) is 10.0. The average Bonchev–Trinajstić information content (AvgIpc) is 2.13. The second-order valence-electron chi connectivity index (χ2n) is 5.62. The van der Waals surface area contributed by atoms with E-state index < -0.39 is 12.1 Å². The molecule has 0 aliphatic carbocycles. The molecule has 0 radical (unpaired) electrons. The zero-order chi connectivity index (χ0) is 14.2. The van der Waals surface area contributed by atoms with Crippen molar-refractivity contribution in [1.29, 1.82) is 0 Å². The topological polar surface area (TPSA) is 66.4 Å². The highest BCUT2D eigenvalue weighted by atomic mass is 35.5. The van der Waals surface area contributed by atoms with Gasteiger partial charge in [-0.15, -0.1) is 12.4 Å². The van der Waals surface area contributed by atoms with Crippen LogP contribution in [0.1, 0.15) is 39.0 Å². The van der Waals surface area contributed by atoms with Crippen LogP contribution in [0.15, 0.2) is 0 Å². The van der Waals surface area contributed by atoms with E-state index in [1.807, 2.05) is 21.1 Å². The molecule has 0 saturated heterocycles. The number of carboxylic acids is 1. The number of rotatable bonds is 9. The van der Waals surface area contributed by atoms with Crippen LogP contribution in [0.4, 0.5) is 0 Å². The van der Waals surface area contributed by atoms with Gasteiger partial charge in [0.05, 0.1) is 21.1 Å². The minimum Gasteiger partial charge on any atom is -0.550 e. The van der Waals surface area contributed by atoms with Crippen molar-refractivity contribution in [2.24, 2.45) is 0 Å². The van der Waals surface area contributed by atoms with Crippen molar-refractivity contribution >= 4 is 24.3 Å². The predicted molar refractivity (Wildman–Crippen MR) is 73.8 cm³/mol. The van der Waals surface area contributed by atoms with E-state index in [2.05, 4.69) is 6.92 Å². The lowest BCUT2D eigenvalue weighted by molar-refractivity contribution is -0.873. The van der Waals surface area contributed by atoms with Crippen LogP contribution in [0.25, 0.3) is 0 Å². The van der Waals surface area contributed by atoms with E-state index >= 15 is 0 Å². The van der Waals surface area contributed by atoms with Crippen LogP contribution in [0.3, 0.4) is 0 Å². The van der Waals surface area contributed by atoms with Gasteiger partial charge >= 0.3 is 5.97 Å². The van der Waals surface area contributed by atoms with Crippen molar-refractivity contribution in [3.63, 3.8) is 0 Å². The number of unbranched alkanes of at least 4 members (excludes halogenated alkanes) is 2. The Hall–Kier alpha value is -0.810. The van der Waals surface area contributed by atoms with Gasteiger partial charge in [-0.2, -0.15) is 0 Å². The SMILES string of the molecule is CCCCCC(=O)OC(CC(=O)[O-])C[N+](C)(C)C.Cl. The van der Waals surface area contributed by atoms with Crippen molar-refractivity contribution in [2.45, 2.75) is 45.1 Å². The Kier molecular flexibility index (Phi) is 10.8. The minimum atomic E-state index is -1.19. The van der Waals surface area contributed by atoms with Gasteiger partial charge in [0.25, 0.3) is 0 Å². The van der Waals surface area contributed by atoms with Crippen molar-refractivity contribution in [3.05, 3.63) is 0 Å². The first-order valence-corrected chi connectivity index (χ1v) is 6.44. The monoisotopic (exact) mass is 295 g/mol. The molecule has 0 spiro atoms. The number of quaternary nitrogens is 1. The summed E-state index contributed by atoms with van der Waals surface area (Å²) in [6.45, 7) is 2.52. The quantitative estimate of drug-likeness (QED) is 0.358. The molecular formula is C13H26ClNO4. The molecule has 19 heavy (non-hydrogen) atoms. The van der Waals surface area contributed by atoms with Crippen LogP contribution in [-0.4, -0.2) is 50.2 Å². The molecule has 5 nitrogen and oxygen atoms in total. The van der Waals surface area contributed by atoms with Crippen molar-refractivity contribution in [2.75, 3.05) is 27.7 Å². The Morgan fingerprint density at radius 1 is 1.21 bits per heavy atom. The van der Waals surface area contributed by atoms with Crippen LogP contribution < -0.4 is 5.11 Å². The fraction of sp³-hybridized carbons (Fsp3) is 0.846. The third kappa shape index (κ3) is 13.4. The number of ether oxygens (including phenoxy) is 1. The molecule has 0 bridgehead atoms. The van der Waals surface area contributed by atoms with Gasteiger partial charge < -0.3 is 19.1 Å². The summed E-state index contributed by atoms with van der Waals surface area (Å²) in [6.07, 6.45) is 2.31. The van der Waals surface area contributed by atoms with Gasteiger partial charge in [0, 0.05) is 18.8 Å². The zero-order valence-electron chi connectivity index (χ0n) is 12.3. The molecule has 0 aliphatic heterocycles. The normalized spacial score (nSPS) is 12.4. The fourth-order valence-electron chi connectivity index (χ4n) is 1.70. The number of hydrogen-bond acceptors (Lipinski definition) is 4. The fourth-order valence-corrected chi connectivity index (χ4v) is 1.70. The highest BCUT2D eigenvalue weighted by molar-refractivity contribution is 5.85. The highest BCUT2D eigenvalue weighted by Gasteiger charge is 2.22. The Balaban J connectivity index is 0. The van der Waals surface area contributed by atoms with Crippen molar-refractivity contribution < 1.29 is 23.9 Å². The van der Waals surface area contributed by atoms with Crippen molar-refractivity contribution in [1.82, 2.24) is 0 Å². The first-order valence-electron chi connectivity index (χ1n) is 6.44. The molecule has 0 N–H and O–H groups in total. The summed E-state index contributed by atoms with van der Waals surface area (Å²) in [5.41, 5.74) is 0. The molecule has 0 aliphatic rings. The molecule has 0 amide bonds. The molecule has 0 rings (SSSR count). The summed E-state index contributed by atoms with van der Waals surface area (Å²) >= 11 is 0. The van der Waals surface area contributed by atoms with Gasteiger partial charge in [0.2, 0.25) is 0 Å². The standard InChI is InChI=1S/C13H25NO4.ClH/c1-5-6-7-8-13(17)18-11(9-12(15)16)10-14(2,3)4;/h11H,5-10H2,1-4H3;1H. The third-order valence-corrected chi connectivity index (χ3v) is 2.43. The molecular weight excluding hydrogens is 270 g/mol. The smallest absolute Gasteiger partial charge is 0.306 e. The molecule has 1 unspecified atom stereocenters. The van der Waals surface area contributed by atoms with E-state index in [-0.39, 0.29) is 24.8 Å². The summed E-state index contributed by atoms with van der Waals surface area (Å²) in [5.74, 6) is -1.50. The molecule has 0 aromatic carbocycles. The van der Waals surface area contributed by atoms with Gasteiger partial charge in [-0.05, 0) is 6.42 Å². The molecule has 1 atom stereocenters. The maximum Gasteiger partial charge on any atom is 0.306 e. The van der Waals surface area contributed by atoms with Gasteiger partial charge in [0.15, 0.2) is 6.10 Å². The summed E-state index contributed by atoms with van der Waals surface area (Å²) in [7, 11) is 5.77. The lowest BCUT2D eigenvalue weighted by Gasteiger charge is -2.29. The van der Waals surface area contributed by atoms with Crippen LogP contribution in [0, 0.1) is 0 Å². The average molecular weight is 296 g/mol. The summed E-state index contributed by atoms with van der Waals surface area (Å²) < 4.78 is 5.75. The van der Waals surface area contributed by atoms with Gasteiger partial charge in [0.1, 0.15) is 6.54 Å². The molecule has 0 saturated carbocycles. The summed E-state index contributed by atoms with van der Waals surface area (Å²) in [5, 5.41) is 10.6. The lowest BCUT2D eigenvalue weighted by atomic mass is 10.2. The molecule has 6 heteroatoms. The Morgan fingerprint density at radius 2 is 1.79 bits per heavy atom. The number of carbonyl (C=O) groups is 2. The Bertz CT molecular complexity index is 276. The van der Waals surface area contributed by atoms with Gasteiger partial charge in [-0.1, -0.05) is 19.8 Å². The number of carbonyl (C=O) groups excluding carboxylic acids is 2. The summed E-state index contributed by atoms with van der Waals surface area (Å²) in [6, 6.07) is 0. The first kappa shape index (κ1) is 20.5. The molecule has 114 valence electrons. The first-order chi connectivity index (χ1) is 8.24. The Labute approximate surface area is 121 Å². The largest absolute Gasteiger partial charge is 0.550 e. The summed E-state index contributed by atoms with van der Waals surface area (Å²) in [4.78, 5) is 22.2. The van der Waals surface area contributed by atoms with E-state index in [1.165, 1.54) is 0 Å². The van der Waals surface area contributed by atoms with E-state index in [0.717, 1.165) is 19.3 Å². The van der Waals surface area contributed by atoms with E-state index in [4.69, 9.17) is 4.74 Å². The number of halogens is 1. The highest BCUT2D eigenvalue weighted by Crippen LogP contribution is 2.08. The minimum absolute atomic E-state index is 0. The number of carboxylic acid groups (broad SMARTS) is 1. The lowest BCUT2D eigenvalue weighted by Crippen LogP contribution is -2.45. The number of nitrogens with zero attached hydrogens (tertiary/aromatic N) is 1. The molecule has 0 aromatic heterocycles. The van der Waals surface area contributed by atoms with E-state index in [0.29, 0.717) is 17.4 Å². The van der Waals surface area contributed by atoms with Crippen LogP contribution in [0.2, 0.25) is 0 Å². The zero-order valence-corrected chi connectivity index (χ0v) is 13.1. The molecule has 0 fully saturated rings. The van der Waals surface area contributed by atoms with Gasteiger partial charge in [-0.3, -0.25) is 4.79 Å². The molecule has 0 heterocycles. The number of aliphatic carboxylic acids is 1. The van der Waals surface area contributed by atoms with Crippen LogP contribution >= 0.6 is 12.4 Å². The van der Waals surface area contributed by atoms with Gasteiger partial charge in [-0.25, -0.2) is 0 Å².